The molecule has 1 aromatic carbocycles. The zero-order valence-corrected chi connectivity index (χ0v) is 12.2. The van der Waals surface area contributed by atoms with Crippen molar-refractivity contribution in [2.24, 2.45) is 0 Å². The van der Waals surface area contributed by atoms with Gasteiger partial charge in [-0.2, -0.15) is 0 Å². The van der Waals surface area contributed by atoms with Crippen molar-refractivity contribution in [1.82, 2.24) is 9.97 Å². The Morgan fingerprint density at radius 2 is 1.81 bits per heavy atom. The molecule has 2 aromatic rings. The standard InChI is InChI=1S/C16H18FN3O/c1-10-7-12(13(17)9-15(10)21)14-8-11(2)18-16(19-14)20-5-3-4-6-20/h7-9,21H,3-6H2,1-2H3. The van der Waals surface area contributed by atoms with Crippen molar-refractivity contribution in [3.8, 4) is 17.0 Å². The van der Waals surface area contributed by atoms with E-state index in [1.54, 1.807) is 19.1 Å². The summed E-state index contributed by atoms with van der Waals surface area (Å²) in [6.45, 7) is 5.52. The first-order valence-corrected chi connectivity index (χ1v) is 7.15. The normalized spacial score (nSPS) is 14.7. The maximum absolute atomic E-state index is 14.1. The van der Waals surface area contributed by atoms with Crippen molar-refractivity contribution in [2.75, 3.05) is 18.0 Å². The van der Waals surface area contributed by atoms with E-state index in [-0.39, 0.29) is 5.75 Å². The molecule has 21 heavy (non-hydrogen) atoms. The molecule has 1 saturated heterocycles. The topological polar surface area (TPSA) is 49.3 Å². The highest BCUT2D eigenvalue weighted by atomic mass is 19.1. The van der Waals surface area contributed by atoms with E-state index in [9.17, 15) is 9.50 Å². The Morgan fingerprint density at radius 1 is 1.10 bits per heavy atom. The molecular weight excluding hydrogens is 269 g/mol. The number of aryl methyl sites for hydroxylation is 2. The molecule has 0 unspecified atom stereocenters. The van der Waals surface area contributed by atoms with Crippen molar-refractivity contribution < 1.29 is 9.50 Å². The molecule has 1 aliphatic heterocycles. The second kappa shape index (κ2) is 5.31. The Labute approximate surface area is 123 Å². The summed E-state index contributed by atoms with van der Waals surface area (Å²) in [4.78, 5) is 11.1. The molecule has 0 atom stereocenters. The molecule has 0 bridgehead atoms. The van der Waals surface area contributed by atoms with Crippen LogP contribution in [0.5, 0.6) is 5.75 Å². The Hall–Kier alpha value is -2.17. The van der Waals surface area contributed by atoms with E-state index in [0.29, 0.717) is 22.8 Å². The smallest absolute Gasteiger partial charge is 0.226 e. The van der Waals surface area contributed by atoms with Crippen molar-refractivity contribution in [2.45, 2.75) is 26.7 Å². The quantitative estimate of drug-likeness (QED) is 0.921. The maximum atomic E-state index is 14.1. The summed E-state index contributed by atoms with van der Waals surface area (Å²) in [5, 5.41) is 9.57. The third kappa shape index (κ3) is 2.68. The fourth-order valence-electron chi connectivity index (χ4n) is 2.62. The molecule has 3 rings (SSSR count). The number of nitrogens with zero attached hydrogens (tertiary/aromatic N) is 3. The van der Waals surface area contributed by atoms with Crippen LogP contribution in [0, 0.1) is 19.7 Å². The number of benzene rings is 1. The molecule has 110 valence electrons. The van der Waals surface area contributed by atoms with Gasteiger partial charge in [-0.25, -0.2) is 14.4 Å². The minimum Gasteiger partial charge on any atom is -0.508 e. The third-order valence-electron chi connectivity index (χ3n) is 3.79. The van der Waals surface area contributed by atoms with Crippen LogP contribution in [0.25, 0.3) is 11.3 Å². The largest absolute Gasteiger partial charge is 0.508 e. The van der Waals surface area contributed by atoms with Crippen LogP contribution < -0.4 is 4.90 Å². The summed E-state index contributed by atoms with van der Waals surface area (Å²) >= 11 is 0. The van der Waals surface area contributed by atoms with E-state index in [4.69, 9.17) is 0 Å². The number of hydrogen-bond donors (Lipinski definition) is 1. The molecule has 0 amide bonds. The second-order valence-electron chi connectivity index (χ2n) is 5.51. The number of anilines is 1. The predicted octanol–water partition coefficient (Wildman–Crippen LogP) is 3.21. The van der Waals surface area contributed by atoms with Crippen LogP contribution in [0.3, 0.4) is 0 Å². The number of halogens is 1. The molecule has 2 heterocycles. The Morgan fingerprint density at radius 3 is 2.52 bits per heavy atom. The summed E-state index contributed by atoms with van der Waals surface area (Å²) in [6, 6.07) is 4.53. The van der Waals surface area contributed by atoms with Crippen LogP contribution in [0.2, 0.25) is 0 Å². The van der Waals surface area contributed by atoms with Crippen LogP contribution in [0.15, 0.2) is 18.2 Å². The SMILES string of the molecule is Cc1cc(-c2cc(C)c(O)cc2F)nc(N2CCCC2)n1. The van der Waals surface area contributed by atoms with E-state index >= 15 is 0 Å². The molecule has 1 fully saturated rings. The highest BCUT2D eigenvalue weighted by Crippen LogP contribution is 2.29. The predicted molar refractivity (Wildman–Crippen MR) is 80.0 cm³/mol. The lowest BCUT2D eigenvalue weighted by Gasteiger charge is -2.17. The van der Waals surface area contributed by atoms with Crippen LogP contribution in [-0.2, 0) is 0 Å². The minimum absolute atomic E-state index is 0.0400. The molecule has 1 N–H and O–H groups in total. The maximum Gasteiger partial charge on any atom is 0.226 e. The van der Waals surface area contributed by atoms with Gasteiger partial charge in [0.2, 0.25) is 5.95 Å². The lowest BCUT2D eigenvalue weighted by atomic mass is 10.1. The summed E-state index contributed by atoms with van der Waals surface area (Å²) in [5.74, 6) is 0.151. The van der Waals surface area contributed by atoms with Crippen molar-refractivity contribution >= 4 is 5.95 Å². The lowest BCUT2D eigenvalue weighted by Crippen LogP contribution is -2.21. The third-order valence-corrected chi connectivity index (χ3v) is 3.79. The summed E-state index contributed by atoms with van der Waals surface area (Å²) < 4.78 is 14.1. The number of aromatic hydroxyl groups is 1. The van der Waals surface area contributed by atoms with E-state index < -0.39 is 5.82 Å². The van der Waals surface area contributed by atoms with Gasteiger partial charge < -0.3 is 10.0 Å². The highest BCUT2D eigenvalue weighted by molar-refractivity contribution is 5.64. The summed E-state index contributed by atoms with van der Waals surface area (Å²) in [5.41, 5.74) is 2.40. The van der Waals surface area contributed by atoms with E-state index in [0.717, 1.165) is 37.7 Å². The first kappa shape index (κ1) is 13.8. The Kier molecular flexibility index (Phi) is 3.49. The van der Waals surface area contributed by atoms with Gasteiger partial charge in [0.25, 0.3) is 0 Å². The van der Waals surface area contributed by atoms with Gasteiger partial charge >= 0.3 is 0 Å². The van der Waals surface area contributed by atoms with Gasteiger partial charge in [0.1, 0.15) is 11.6 Å². The highest BCUT2D eigenvalue weighted by Gasteiger charge is 2.18. The molecule has 0 saturated carbocycles. The number of rotatable bonds is 2. The van der Waals surface area contributed by atoms with Crippen LogP contribution in [0.4, 0.5) is 10.3 Å². The van der Waals surface area contributed by atoms with Crippen molar-refractivity contribution in [3.63, 3.8) is 0 Å². The first-order valence-electron chi connectivity index (χ1n) is 7.15. The van der Waals surface area contributed by atoms with Crippen molar-refractivity contribution in [3.05, 3.63) is 35.3 Å². The summed E-state index contributed by atoms with van der Waals surface area (Å²) in [6.07, 6.45) is 2.28. The number of aromatic nitrogens is 2. The molecular formula is C16H18FN3O. The van der Waals surface area contributed by atoms with E-state index in [1.807, 2.05) is 6.92 Å². The van der Waals surface area contributed by atoms with Gasteiger partial charge in [0.15, 0.2) is 0 Å². The average Bonchev–Trinajstić information content (AvgIpc) is 2.96. The van der Waals surface area contributed by atoms with Gasteiger partial charge in [-0.1, -0.05) is 0 Å². The fraction of sp³-hybridized carbons (Fsp3) is 0.375. The van der Waals surface area contributed by atoms with Crippen molar-refractivity contribution in [1.29, 1.82) is 0 Å². The zero-order chi connectivity index (χ0) is 15.0. The van der Waals surface area contributed by atoms with Gasteiger partial charge in [-0.3, -0.25) is 0 Å². The lowest BCUT2D eigenvalue weighted by molar-refractivity contribution is 0.465. The fourth-order valence-corrected chi connectivity index (χ4v) is 2.62. The zero-order valence-electron chi connectivity index (χ0n) is 12.2. The second-order valence-corrected chi connectivity index (χ2v) is 5.51. The van der Waals surface area contributed by atoms with Crippen LogP contribution in [-0.4, -0.2) is 28.2 Å². The van der Waals surface area contributed by atoms with E-state index in [1.165, 1.54) is 0 Å². The Bertz CT molecular complexity index is 681. The molecule has 4 nitrogen and oxygen atoms in total. The molecule has 0 aliphatic carbocycles. The molecule has 0 radical (unpaired) electrons. The number of phenolic OH excluding ortho intramolecular Hbond substituents is 1. The van der Waals surface area contributed by atoms with E-state index in [2.05, 4.69) is 14.9 Å². The van der Waals surface area contributed by atoms with Gasteiger partial charge in [-0.05, 0) is 44.4 Å². The van der Waals surface area contributed by atoms with Gasteiger partial charge in [-0.15, -0.1) is 0 Å². The minimum atomic E-state index is -0.469. The van der Waals surface area contributed by atoms with Gasteiger partial charge in [0, 0.05) is 30.4 Å². The number of phenols is 1. The number of hydrogen-bond acceptors (Lipinski definition) is 4. The molecule has 0 spiro atoms. The van der Waals surface area contributed by atoms with Crippen LogP contribution >= 0.6 is 0 Å². The first-order chi connectivity index (χ1) is 10.0. The van der Waals surface area contributed by atoms with Crippen LogP contribution in [0.1, 0.15) is 24.1 Å². The Balaban J connectivity index is 2.08. The molecule has 5 heteroatoms. The van der Waals surface area contributed by atoms with Gasteiger partial charge in [0.05, 0.1) is 5.69 Å². The molecule has 1 aromatic heterocycles. The average molecular weight is 287 g/mol. The molecule has 1 aliphatic rings. The monoisotopic (exact) mass is 287 g/mol. The summed E-state index contributed by atoms with van der Waals surface area (Å²) in [7, 11) is 0.